The Balaban J connectivity index is 1.64. The first-order valence-electron chi connectivity index (χ1n) is 10.2. The van der Waals surface area contributed by atoms with Crippen LogP contribution in [0.2, 0.25) is 5.02 Å². The minimum atomic E-state index is 0.679. The molecule has 0 saturated carbocycles. The SMILES string of the molecule is Clc1ccc2nc(-c3cccc4ccccc34)n(Cc3ccnc4ccccc34)c2c1. The highest BCUT2D eigenvalue weighted by Gasteiger charge is 2.16. The lowest BCUT2D eigenvalue weighted by Crippen LogP contribution is -2.03. The Morgan fingerprint density at radius 3 is 2.48 bits per heavy atom. The molecule has 0 saturated heterocycles. The van der Waals surface area contributed by atoms with Gasteiger partial charge < -0.3 is 4.57 Å². The van der Waals surface area contributed by atoms with Crippen LogP contribution in [-0.4, -0.2) is 14.5 Å². The normalized spacial score (nSPS) is 11.5. The highest BCUT2D eigenvalue weighted by molar-refractivity contribution is 6.31. The van der Waals surface area contributed by atoms with Gasteiger partial charge in [0.1, 0.15) is 5.82 Å². The number of aromatic nitrogens is 3. The summed E-state index contributed by atoms with van der Waals surface area (Å²) in [5.41, 5.74) is 5.27. The van der Waals surface area contributed by atoms with Gasteiger partial charge in [0.2, 0.25) is 0 Å². The van der Waals surface area contributed by atoms with Crippen LogP contribution in [0.25, 0.3) is 44.1 Å². The quantitative estimate of drug-likeness (QED) is 0.306. The van der Waals surface area contributed by atoms with Gasteiger partial charge in [-0.1, -0.05) is 72.3 Å². The van der Waals surface area contributed by atoms with Gasteiger partial charge in [-0.2, -0.15) is 0 Å². The van der Waals surface area contributed by atoms with Crippen molar-refractivity contribution >= 4 is 44.3 Å². The van der Waals surface area contributed by atoms with Gasteiger partial charge in [0, 0.05) is 22.2 Å². The Kier molecular flexibility index (Phi) is 4.22. The van der Waals surface area contributed by atoms with Crippen molar-refractivity contribution in [3.63, 3.8) is 0 Å². The summed E-state index contributed by atoms with van der Waals surface area (Å²) in [7, 11) is 0. The largest absolute Gasteiger partial charge is 0.319 e. The number of rotatable bonds is 3. The Hall–Kier alpha value is -3.69. The minimum Gasteiger partial charge on any atom is -0.319 e. The van der Waals surface area contributed by atoms with Crippen LogP contribution < -0.4 is 0 Å². The monoisotopic (exact) mass is 419 g/mol. The Labute approximate surface area is 184 Å². The van der Waals surface area contributed by atoms with Gasteiger partial charge in [0.25, 0.3) is 0 Å². The Bertz CT molecular complexity index is 1570. The van der Waals surface area contributed by atoms with Crippen LogP contribution in [0, 0.1) is 0 Å². The zero-order chi connectivity index (χ0) is 20.8. The van der Waals surface area contributed by atoms with Crippen molar-refractivity contribution in [2.45, 2.75) is 6.54 Å². The number of benzene rings is 4. The van der Waals surface area contributed by atoms with Crippen molar-refractivity contribution in [2.75, 3.05) is 0 Å². The molecule has 0 N–H and O–H groups in total. The van der Waals surface area contributed by atoms with Crippen LogP contribution in [0.3, 0.4) is 0 Å². The van der Waals surface area contributed by atoms with E-state index in [0.717, 1.165) is 33.3 Å². The molecule has 4 heteroatoms. The van der Waals surface area contributed by atoms with E-state index >= 15 is 0 Å². The van der Waals surface area contributed by atoms with E-state index in [9.17, 15) is 0 Å². The van der Waals surface area contributed by atoms with Gasteiger partial charge in [0.15, 0.2) is 0 Å². The summed E-state index contributed by atoms with van der Waals surface area (Å²) in [5, 5.41) is 4.24. The fraction of sp³-hybridized carbons (Fsp3) is 0.0370. The van der Waals surface area contributed by atoms with Crippen molar-refractivity contribution in [1.82, 2.24) is 14.5 Å². The molecule has 0 atom stereocenters. The molecule has 0 unspecified atom stereocenters. The number of nitrogens with zero attached hydrogens (tertiary/aromatic N) is 3. The fourth-order valence-electron chi connectivity index (χ4n) is 4.35. The zero-order valence-electron chi connectivity index (χ0n) is 16.7. The highest BCUT2D eigenvalue weighted by atomic mass is 35.5. The molecule has 6 aromatic rings. The zero-order valence-corrected chi connectivity index (χ0v) is 17.4. The van der Waals surface area contributed by atoms with E-state index in [1.807, 2.05) is 36.5 Å². The van der Waals surface area contributed by atoms with E-state index in [1.54, 1.807) is 0 Å². The first-order chi connectivity index (χ1) is 15.3. The molecule has 31 heavy (non-hydrogen) atoms. The number of hydrogen-bond donors (Lipinski definition) is 0. The van der Waals surface area contributed by atoms with Crippen LogP contribution in [-0.2, 0) is 6.54 Å². The van der Waals surface area contributed by atoms with Gasteiger partial charge in [-0.15, -0.1) is 0 Å². The topological polar surface area (TPSA) is 30.7 Å². The number of pyridine rings is 1. The molecule has 2 aromatic heterocycles. The van der Waals surface area contributed by atoms with Crippen molar-refractivity contribution < 1.29 is 0 Å². The standard InChI is InChI=1S/C27H18ClN3/c28-20-12-13-25-26(16-20)31(17-19-14-15-29-24-11-4-3-9-22(19)24)27(30-25)23-10-5-7-18-6-1-2-8-21(18)23/h1-16H,17H2. The number of fused-ring (bicyclic) bond motifs is 3. The van der Waals surface area contributed by atoms with Crippen molar-refractivity contribution in [3.05, 3.63) is 108 Å². The number of para-hydroxylation sites is 1. The van der Waals surface area contributed by atoms with E-state index in [-0.39, 0.29) is 0 Å². The Morgan fingerprint density at radius 2 is 1.55 bits per heavy atom. The van der Waals surface area contributed by atoms with Crippen molar-refractivity contribution in [2.24, 2.45) is 0 Å². The molecule has 4 aromatic carbocycles. The summed E-state index contributed by atoms with van der Waals surface area (Å²) in [6, 6.07) is 31.1. The second-order valence-electron chi connectivity index (χ2n) is 7.67. The molecule has 0 spiro atoms. The van der Waals surface area contributed by atoms with Gasteiger partial charge in [-0.05, 0) is 46.7 Å². The highest BCUT2D eigenvalue weighted by Crippen LogP contribution is 2.33. The average Bonchev–Trinajstić information content (AvgIpc) is 3.16. The smallest absolute Gasteiger partial charge is 0.142 e. The molecule has 2 heterocycles. The van der Waals surface area contributed by atoms with E-state index in [1.165, 1.54) is 16.3 Å². The summed E-state index contributed by atoms with van der Waals surface area (Å²) in [5.74, 6) is 0.940. The first-order valence-corrected chi connectivity index (χ1v) is 10.6. The molecule has 0 bridgehead atoms. The molecular formula is C27H18ClN3. The van der Waals surface area contributed by atoms with E-state index in [2.05, 4.69) is 70.2 Å². The van der Waals surface area contributed by atoms with Crippen LogP contribution in [0.1, 0.15) is 5.56 Å². The summed E-state index contributed by atoms with van der Waals surface area (Å²) in [4.78, 5) is 9.56. The summed E-state index contributed by atoms with van der Waals surface area (Å²) in [6.45, 7) is 0.679. The predicted octanol–water partition coefficient (Wildman–Crippen LogP) is 7.11. The first kappa shape index (κ1) is 18.1. The Morgan fingerprint density at radius 1 is 0.742 bits per heavy atom. The lowest BCUT2D eigenvalue weighted by molar-refractivity contribution is 0.840. The van der Waals surface area contributed by atoms with Gasteiger partial charge >= 0.3 is 0 Å². The summed E-state index contributed by atoms with van der Waals surface area (Å²) >= 11 is 6.39. The minimum absolute atomic E-state index is 0.679. The van der Waals surface area contributed by atoms with E-state index < -0.39 is 0 Å². The number of imidazole rings is 1. The van der Waals surface area contributed by atoms with Crippen LogP contribution in [0.4, 0.5) is 0 Å². The third-order valence-electron chi connectivity index (χ3n) is 5.81. The van der Waals surface area contributed by atoms with Gasteiger partial charge in [-0.25, -0.2) is 4.98 Å². The predicted molar refractivity (Wildman–Crippen MR) is 129 cm³/mol. The molecule has 148 valence electrons. The third-order valence-corrected chi connectivity index (χ3v) is 6.04. The third kappa shape index (κ3) is 3.06. The summed E-state index contributed by atoms with van der Waals surface area (Å²) in [6.07, 6.45) is 1.88. The van der Waals surface area contributed by atoms with E-state index in [0.29, 0.717) is 11.6 Å². The van der Waals surface area contributed by atoms with Crippen LogP contribution >= 0.6 is 11.6 Å². The molecule has 0 amide bonds. The maximum absolute atomic E-state index is 6.39. The molecule has 0 fully saturated rings. The van der Waals surface area contributed by atoms with Crippen molar-refractivity contribution in [3.8, 4) is 11.4 Å². The number of hydrogen-bond acceptors (Lipinski definition) is 2. The molecule has 6 rings (SSSR count). The molecule has 0 aliphatic rings. The average molecular weight is 420 g/mol. The lowest BCUT2D eigenvalue weighted by Gasteiger charge is -2.13. The van der Waals surface area contributed by atoms with E-state index in [4.69, 9.17) is 16.6 Å². The second-order valence-corrected chi connectivity index (χ2v) is 8.10. The summed E-state index contributed by atoms with van der Waals surface area (Å²) < 4.78 is 2.27. The molecule has 0 aliphatic heterocycles. The lowest BCUT2D eigenvalue weighted by atomic mass is 10.0. The van der Waals surface area contributed by atoms with Crippen LogP contribution in [0.5, 0.6) is 0 Å². The second kappa shape index (κ2) is 7.22. The molecule has 0 aliphatic carbocycles. The van der Waals surface area contributed by atoms with Gasteiger partial charge in [0.05, 0.1) is 23.1 Å². The maximum Gasteiger partial charge on any atom is 0.142 e. The molecular weight excluding hydrogens is 402 g/mol. The number of halogens is 1. The molecule has 0 radical (unpaired) electrons. The van der Waals surface area contributed by atoms with Crippen molar-refractivity contribution in [1.29, 1.82) is 0 Å². The fourth-order valence-corrected chi connectivity index (χ4v) is 4.51. The van der Waals surface area contributed by atoms with Gasteiger partial charge in [-0.3, -0.25) is 4.98 Å². The van der Waals surface area contributed by atoms with Crippen LogP contribution in [0.15, 0.2) is 97.2 Å². The maximum atomic E-state index is 6.39. The molecule has 3 nitrogen and oxygen atoms in total.